The van der Waals surface area contributed by atoms with Gasteiger partial charge in [-0.15, -0.1) is 17.5 Å². The Kier molecular flexibility index (Phi) is 5.69. The molecule has 2 heterocycles. The average Bonchev–Trinajstić information content (AvgIpc) is 3.15. The summed E-state index contributed by atoms with van der Waals surface area (Å²) in [6.45, 7) is -0.375. The van der Waals surface area contributed by atoms with Crippen molar-refractivity contribution in [2.75, 3.05) is 13.1 Å². The summed E-state index contributed by atoms with van der Waals surface area (Å²) in [5.41, 5.74) is 1.28. The number of alkyl halides is 3. The van der Waals surface area contributed by atoms with Gasteiger partial charge in [-0.2, -0.15) is 13.2 Å². The second kappa shape index (κ2) is 7.40. The molecule has 1 fully saturated rings. The Balaban J connectivity index is 0.00000225. The third-order valence-corrected chi connectivity index (χ3v) is 4.08. The molecule has 10 heteroatoms. The van der Waals surface area contributed by atoms with Gasteiger partial charge in [0.25, 0.3) is 0 Å². The summed E-state index contributed by atoms with van der Waals surface area (Å²) < 4.78 is 40.5. The molecule has 1 aromatic carbocycles. The fourth-order valence-electron chi connectivity index (χ4n) is 2.90. The van der Waals surface area contributed by atoms with Crippen molar-refractivity contribution in [3.05, 3.63) is 42.2 Å². The summed E-state index contributed by atoms with van der Waals surface area (Å²) >= 11 is 0. The van der Waals surface area contributed by atoms with E-state index in [2.05, 4.69) is 10.3 Å². The van der Waals surface area contributed by atoms with Gasteiger partial charge in [-0.25, -0.2) is 4.68 Å². The minimum atomic E-state index is -4.53. The summed E-state index contributed by atoms with van der Waals surface area (Å²) in [6.07, 6.45) is -2.90. The minimum Gasteiger partial charge on any atom is -0.481 e. The number of carboxylic acids is 1. The quantitative estimate of drug-likeness (QED) is 0.887. The fourth-order valence-corrected chi connectivity index (χ4v) is 2.90. The standard InChI is InChI=1S/C15H15F3N4O2.ClH/c16-15(17,18)13-9-21(8-12(13)14(23)24)6-10-7-22(20-19-10)11-4-2-1-3-5-11;/h1-5,7,12-13H,6,8-9H2,(H,23,24);1H/t12-,13-;/m1./s1. The highest BCUT2D eigenvalue weighted by molar-refractivity contribution is 5.85. The summed E-state index contributed by atoms with van der Waals surface area (Å²) in [4.78, 5) is 12.5. The smallest absolute Gasteiger partial charge is 0.393 e. The van der Waals surface area contributed by atoms with Crippen molar-refractivity contribution in [3.63, 3.8) is 0 Å². The number of aliphatic carboxylic acids is 1. The minimum absolute atomic E-state index is 0. The van der Waals surface area contributed by atoms with Gasteiger partial charge in [-0.05, 0) is 12.1 Å². The van der Waals surface area contributed by atoms with Gasteiger partial charge in [-0.1, -0.05) is 23.4 Å². The maximum absolute atomic E-state index is 13.0. The summed E-state index contributed by atoms with van der Waals surface area (Å²) in [5, 5.41) is 16.9. The van der Waals surface area contributed by atoms with E-state index in [4.69, 9.17) is 5.11 Å². The number of para-hydroxylation sites is 1. The molecule has 2 aromatic rings. The Morgan fingerprint density at radius 3 is 2.48 bits per heavy atom. The first-order valence-corrected chi connectivity index (χ1v) is 7.33. The van der Waals surface area contributed by atoms with E-state index in [1.165, 1.54) is 9.58 Å². The highest BCUT2D eigenvalue weighted by Crippen LogP contribution is 2.38. The predicted octanol–water partition coefficient (Wildman–Crippen LogP) is 2.38. The van der Waals surface area contributed by atoms with E-state index < -0.39 is 24.0 Å². The molecule has 2 atom stereocenters. The Morgan fingerprint density at radius 1 is 1.24 bits per heavy atom. The van der Waals surface area contributed by atoms with Gasteiger partial charge in [0.2, 0.25) is 0 Å². The number of aromatic nitrogens is 3. The molecule has 1 saturated heterocycles. The molecule has 1 N–H and O–H groups in total. The SMILES string of the molecule is Cl.O=C(O)[C@@H]1CN(Cc2cn(-c3ccccc3)nn2)C[C@H]1C(F)(F)F. The number of rotatable bonds is 4. The number of nitrogens with zero attached hydrogens (tertiary/aromatic N) is 4. The Hall–Kier alpha value is -2.13. The van der Waals surface area contributed by atoms with Crippen LogP contribution in [0.1, 0.15) is 5.69 Å². The van der Waals surface area contributed by atoms with Crippen molar-refractivity contribution in [1.82, 2.24) is 19.9 Å². The Labute approximate surface area is 147 Å². The topological polar surface area (TPSA) is 71.2 Å². The molecule has 0 unspecified atom stereocenters. The first kappa shape index (κ1) is 19.2. The molecular formula is C15H16ClF3N4O2. The first-order valence-electron chi connectivity index (χ1n) is 7.33. The third-order valence-electron chi connectivity index (χ3n) is 4.08. The number of halogens is 4. The number of hydrogen-bond donors (Lipinski definition) is 1. The lowest BCUT2D eigenvalue weighted by Gasteiger charge is -2.18. The van der Waals surface area contributed by atoms with Gasteiger partial charge in [0, 0.05) is 19.6 Å². The number of carbonyl (C=O) groups is 1. The maximum Gasteiger partial charge on any atom is 0.393 e. The normalized spacial score (nSPS) is 21.1. The van der Waals surface area contributed by atoms with Crippen molar-refractivity contribution < 1.29 is 23.1 Å². The summed E-state index contributed by atoms with van der Waals surface area (Å²) in [7, 11) is 0. The van der Waals surface area contributed by atoms with Crippen LogP contribution in [0.2, 0.25) is 0 Å². The lowest BCUT2D eigenvalue weighted by atomic mass is 9.96. The number of carboxylic acid groups (broad SMARTS) is 1. The van der Waals surface area contributed by atoms with Crippen LogP contribution in [-0.4, -0.2) is 50.2 Å². The molecule has 1 aliphatic heterocycles. The van der Waals surface area contributed by atoms with E-state index in [1.807, 2.05) is 30.3 Å². The van der Waals surface area contributed by atoms with E-state index in [1.54, 1.807) is 6.20 Å². The molecule has 0 aliphatic carbocycles. The van der Waals surface area contributed by atoms with Crippen LogP contribution in [0.5, 0.6) is 0 Å². The van der Waals surface area contributed by atoms with Crippen LogP contribution < -0.4 is 0 Å². The monoisotopic (exact) mass is 376 g/mol. The largest absolute Gasteiger partial charge is 0.481 e. The van der Waals surface area contributed by atoms with Crippen LogP contribution >= 0.6 is 12.4 Å². The van der Waals surface area contributed by atoms with Gasteiger partial charge >= 0.3 is 12.1 Å². The van der Waals surface area contributed by atoms with E-state index in [9.17, 15) is 18.0 Å². The van der Waals surface area contributed by atoms with Gasteiger partial charge in [0.15, 0.2) is 0 Å². The van der Waals surface area contributed by atoms with Crippen LogP contribution in [0, 0.1) is 11.8 Å². The molecular weight excluding hydrogens is 361 g/mol. The maximum atomic E-state index is 13.0. The van der Waals surface area contributed by atoms with Crippen molar-refractivity contribution in [1.29, 1.82) is 0 Å². The molecule has 0 saturated carbocycles. The van der Waals surface area contributed by atoms with Crippen molar-refractivity contribution >= 4 is 18.4 Å². The zero-order valence-corrected chi connectivity index (χ0v) is 13.7. The average molecular weight is 377 g/mol. The van der Waals surface area contributed by atoms with Gasteiger partial charge in [-0.3, -0.25) is 9.69 Å². The van der Waals surface area contributed by atoms with E-state index in [-0.39, 0.29) is 32.0 Å². The molecule has 6 nitrogen and oxygen atoms in total. The molecule has 3 rings (SSSR count). The summed E-state index contributed by atoms with van der Waals surface area (Å²) in [6, 6.07) is 9.18. The van der Waals surface area contributed by atoms with Crippen LogP contribution in [0.25, 0.3) is 5.69 Å². The Bertz CT molecular complexity index is 723. The first-order chi connectivity index (χ1) is 11.3. The third kappa shape index (κ3) is 4.29. The van der Waals surface area contributed by atoms with Gasteiger partial charge in [0.1, 0.15) is 0 Å². The molecule has 136 valence electrons. The molecule has 0 radical (unpaired) electrons. The van der Waals surface area contributed by atoms with Crippen molar-refractivity contribution in [3.8, 4) is 5.69 Å². The van der Waals surface area contributed by atoms with Gasteiger partial charge < -0.3 is 5.11 Å². The van der Waals surface area contributed by atoms with Crippen LogP contribution in [0.15, 0.2) is 36.5 Å². The lowest BCUT2D eigenvalue weighted by molar-refractivity contribution is -0.188. The van der Waals surface area contributed by atoms with Crippen LogP contribution in [0.3, 0.4) is 0 Å². The predicted molar refractivity (Wildman–Crippen MR) is 84.6 cm³/mol. The number of likely N-dealkylation sites (tertiary alicyclic amines) is 1. The fraction of sp³-hybridized carbons (Fsp3) is 0.400. The number of hydrogen-bond acceptors (Lipinski definition) is 4. The number of benzene rings is 1. The highest BCUT2D eigenvalue weighted by atomic mass is 35.5. The highest BCUT2D eigenvalue weighted by Gasteiger charge is 2.52. The van der Waals surface area contributed by atoms with Crippen LogP contribution in [0.4, 0.5) is 13.2 Å². The lowest BCUT2D eigenvalue weighted by Crippen LogP contribution is -2.33. The van der Waals surface area contributed by atoms with Crippen molar-refractivity contribution in [2.24, 2.45) is 11.8 Å². The van der Waals surface area contributed by atoms with Crippen LogP contribution in [-0.2, 0) is 11.3 Å². The van der Waals surface area contributed by atoms with Gasteiger partial charge in [0.05, 0.1) is 29.4 Å². The molecule has 1 aliphatic rings. The molecule has 1 aromatic heterocycles. The van der Waals surface area contributed by atoms with E-state index in [0.29, 0.717) is 5.69 Å². The molecule has 0 amide bonds. The molecule has 25 heavy (non-hydrogen) atoms. The second-order valence-corrected chi connectivity index (χ2v) is 5.78. The van der Waals surface area contributed by atoms with E-state index in [0.717, 1.165) is 5.69 Å². The Morgan fingerprint density at radius 2 is 1.92 bits per heavy atom. The van der Waals surface area contributed by atoms with Crippen molar-refractivity contribution in [2.45, 2.75) is 12.7 Å². The zero-order chi connectivity index (χ0) is 17.3. The second-order valence-electron chi connectivity index (χ2n) is 5.78. The zero-order valence-electron chi connectivity index (χ0n) is 12.9. The van der Waals surface area contributed by atoms with E-state index >= 15 is 0 Å². The molecule has 0 spiro atoms. The molecule has 0 bridgehead atoms. The summed E-state index contributed by atoms with van der Waals surface area (Å²) in [5.74, 6) is -4.74.